The van der Waals surface area contributed by atoms with Crippen molar-refractivity contribution in [1.82, 2.24) is 10.2 Å². The van der Waals surface area contributed by atoms with Crippen LogP contribution in [0.3, 0.4) is 0 Å². The average molecular weight is 324 g/mol. The van der Waals surface area contributed by atoms with Crippen LogP contribution < -0.4 is 14.4 Å². The summed E-state index contributed by atoms with van der Waals surface area (Å²) in [6.07, 6.45) is 3.23. The fraction of sp³-hybridized carbons (Fsp3) is 0.167. The quantitative estimate of drug-likeness (QED) is 0.919. The number of amides is 1. The summed E-state index contributed by atoms with van der Waals surface area (Å²) in [4.78, 5) is 13.9. The molecule has 0 saturated heterocycles. The zero-order valence-electron chi connectivity index (χ0n) is 10.0. The molecular weight excluding hydrogens is 314 g/mol. The topological polar surface area (TPSA) is 67.5 Å². The van der Waals surface area contributed by atoms with Crippen LogP contribution in [0.15, 0.2) is 29.0 Å². The summed E-state index contributed by atoms with van der Waals surface area (Å²) < 4.78 is 11.2. The number of fused-ring (bicyclic) bond motifs is 1. The summed E-state index contributed by atoms with van der Waals surface area (Å²) in [6, 6.07) is 3.41. The van der Waals surface area contributed by atoms with Crippen molar-refractivity contribution in [2.75, 3.05) is 18.7 Å². The van der Waals surface area contributed by atoms with Crippen molar-refractivity contribution in [2.45, 2.75) is 0 Å². The molecule has 19 heavy (non-hydrogen) atoms. The molecule has 1 aromatic heterocycles. The molecule has 0 spiro atoms. The van der Waals surface area contributed by atoms with Gasteiger partial charge in [0.25, 0.3) is 5.91 Å². The van der Waals surface area contributed by atoms with Crippen LogP contribution in [0, 0.1) is 0 Å². The van der Waals surface area contributed by atoms with Gasteiger partial charge < -0.3 is 14.4 Å². The molecule has 98 valence electrons. The minimum atomic E-state index is -0.161. The van der Waals surface area contributed by atoms with Crippen molar-refractivity contribution >= 4 is 27.5 Å². The van der Waals surface area contributed by atoms with Gasteiger partial charge in [-0.15, -0.1) is 0 Å². The Balaban J connectivity index is 1.96. The van der Waals surface area contributed by atoms with E-state index in [1.807, 2.05) is 0 Å². The molecule has 0 saturated carbocycles. The summed E-state index contributed by atoms with van der Waals surface area (Å²) >= 11 is 3.38. The van der Waals surface area contributed by atoms with Crippen LogP contribution in [0.25, 0.3) is 0 Å². The smallest absolute Gasteiger partial charge is 0.259 e. The molecule has 1 aromatic carbocycles. The van der Waals surface area contributed by atoms with Gasteiger partial charge in [-0.2, -0.15) is 5.10 Å². The fourth-order valence-electron chi connectivity index (χ4n) is 1.81. The molecule has 7 heteroatoms. The molecule has 2 aromatic rings. The summed E-state index contributed by atoms with van der Waals surface area (Å²) in [7, 11) is 1.68. The maximum absolute atomic E-state index is 12.4. The van der Waals surface area contributed by atoms with E-state index in [1.54, 1.807) is 31.6 Å². The van der Waals surface area contributed by atoms with Gasteiger partial charge in [-0.05, 0) is 28.1 Å². The number of carbonyl (C=O) groups is 1. The first-order valence-corrected chi connectivity index (χ1v) is 6.32. The number of nitrogens with one attached hydrogen (secondary N) is 1. The van der Waals surface area contributed by atoms with Crippen molar-refractivity contribution in [3.63, 3.8) is 0 Å². The Bertz CT molecular complexity index is 627. The van der Waals surface area contributed by atoms with Crippen LogP contribution in [-0.2, 0) is 0 Å². The first-order valence-electron chi connectivity index (χ1n) is 5.53. The second-order valence-electron chi connectivity index (χ2n) is 4.01. The SMILES string of the molecule is CN(C(=O)c1cc2c(cc1Br)OCO2)c1cn[nH]c1. The van der Waals surface area contributed by atoms with Crippen LogP contribution in [0.1, 0.15) is 10.4 Å². The number of aromatic amines is 1. The van der Waals surface area contributed by atoms with Gasteiger partial charge in [0.2, 0.25) is 6.79 Å². The summed E-state index contributed by atoms with van der Waals surface area (Å²) in [6.45, 7) is 0.178. The molecule has 1 amide bonds. The van der Waals surface area contributed by atoms with Gasteiger partial charge >= 0.3 is 0 Å². The van der Waals surface area contributed by atoms with Gasteiger partial charge in [0.05, 0.1) is 17.4 Å². The number of anilines is 1. The molecule has 1 N–H and O–H groups in total. The third kappa shape index (κ3) is 2.06. The number of aromatic nitrogens is 2. The number of hydrogen-bond acceptors (Lipinski definition) is 4. The first kappa shape index (κ1) is 12.0. The van der Waals surface area contributed by atoms with E-state index >= 15 is 0 Å². The van der Waals surface area contributed by atoms with Crippen molar-refractivity contribution in [3.8, 4) is 11.5 Å². The molecule has 0 unspecified atom stereocenters. The van der Waals surface area contributed by atoms with E-state index < -0.39 is 0 Å². The third-order valence-corrected chi connectivity index (χ3v) is 3.52. The minimum Gasteiger partial charge on any atom is -0.454 e. The van der Waals surface area contributed by atoms with Crippen LogP contribution in [0.4, 0.5) is 5.69 Å². The number of benzene rings is 1. The molecule has 3 rings (SSSR count). The molecule has 2 heterocycles. The molecule has 0 atom stereocenters. The number of hydrogen-bond donors (Lipinski definition) is 1. The Morgan fingerprint density at radius 2 is 2.16 bits per heavy atom. The lowest BCUT2D eigenvalue weighted by Gasteiger charge is -2.16. The monoisotopic (exact) mass is 323 g/mol. The van der Waals surface area contributed by atoms with Gasteiger partial charge in [-0.3, -0.25) is 9.89 Å². The first-order chi connectivity index (χ1) is 9.16. The van der Waals surface area contributed by atoms with Gasteiger partial charge in [-0.25, -0.2) is 0 Å². The summed E-state index contributed by atoms with van der Waals surface area (Å²) in [5.74, 6) is 1.05. The minimum absolute atomic E-state index is 0.161. The number of ether oxygens (including phenoxy) is 2. The molecule has 1 aliphatic rings. The molecule has 0 radical (unpaired) electrons. The number of carbonyl (C=O) groups excluding carboxylic acids is 1. The van der Waals surface area contributed by atoms with Crippen LogP contribution in [0.2, 0.25) is 0 Å². The second-order valence-corrected chi connectivity index (χ2v) is 4.86. The van der Waals surface area contributed by atoms with Gasteiger partial charge in [-0.1, -0.05) is 0 Å². The lowest BCUT2D eigenvalue weighted by Crippen LogP contribution is -2.26. The highest BCUT2D eigenvalue weighted by molar-refractivity contribution is 9.10. The Morgan fingerprint density at radius 1 is 1.42 bits per heavy atom. The third-order valence-electron chi connectivity index (χ3n) is 2.87. The Labute approximate surface area is 117 Å². The Kier molecular flexibility index (Phi) is 2.90. The highest BCUT2D eigenvalue weighted by Gasteiger charge is 2.22. The zero-order chi connectivity index (χ0) is 13.4. The Hall–Kier alpha value is -2.02. The fourth-order valence-corrected chi connectivity index (χ4v) is 2.30. The number of nitrogens with zero attached hydrogens (tertiary/aromatic N) is 2. The molecule has 0 aliphatic carbocycles. The van der Waals surface area contributed by atoms with E-state index in [1.165, 1.54) is 4.90 Å². The lowest BCUT2D eigenvalue weighted by atomic mass is 10.1. The number of halogens is 1. The second kappa shape index (κ2) is 4.58. The predicted molar refractivity (Wildman–Crippen MR) is 71.6 cm³/mol. The van der Waals surface area contributed by atoms with Crippen LogP contribution in [-0.4, -0.2) is 29.9 Å². The van der Waals surface area contributed by atoms with E-state index in [0.29, 0.717) is 27.2 Å². The standard InChI is InChI=1S/C12H10BrN3O3/c1-16(7-4-14-15-5-7)12(17)8-2-10-11(3-9(8)13)19-6-18-10/h2-5H,6H2,1H3,(H,14,15). The summed E-state index contributed by atoms with van der Waals surface area (Å²) in [5.41, 5.74) is 1.20. The normalized spacial score (nSPS) is 12.5. The zero-order valence-corrected chi connectivity index (χ0v) is 11.6. The Morgan fingerprint density at radius 3 is 2.84 bits per heavy atom. The highest BCUT2D eigenvalue weighted by atomic mass is 79.9. The average Bonchev–Trinajstić information content (AvgIpc) is 3.06. The van der Waals surface area contributed by atoms with E-state index in [-0.39, 0.29) is 12.7 Å². The van der Waals surface area contributed by atoms with E-state index in [2.05, 4.69) is 26.1 Å². The van der Waals surface area contributed by atoms with Crippen molar-refractivity contribution < 1.29 is 14.3 Å². The van der Waals surface area contributed by atoms with E-state index in [9.17, 15) is 4.79 Å². The maximum Gasteiger partial charge on any atom is 0.259 e. The van der Waals surface area contributed by atoms with Crippen LogP contribution in [0.5, 0.6) is 11.5 Å². The molecule has 1 aliphatic heterocycles. The van der Waals surface area contributed by atoms with Gasteiger partial charge in [0.1, 0.15) is 0 Å². The van der Waals surface area contributed by atoms with Crippen molar-refractivity contribution in [2.24, 2.45) is 0 Å². The van der Waals surface area contributed by atoms with Crippen molar-refractivity contribution in [3.05, 3.63) is 34.6 Å². The predicted octanol–water partition coefficient (Wildman–Crippen LogP) is 2.18. The molecule has 6 nitrogen and oxygen atoms in total. The van der Waals surface area contributed by atoms with E-state index in [4.69, 9.17) is 9.47 Å². The molecule has 0 fully saturated rings. The van der Waals surface area contributed by atoms with Crippen LogP contribution >= 0.6 is 15.9 Å². The van der Waals surface area contributed by atoms with Crippen molar-refractivity contribution in [1.29, 1.82) is 0 Å². The van der Waals surface area contributed by atoms with Gasteiger partial charge in [0.15, 0.2) is 11.5 Å². The largest absolute Gasteiger partial charge is 0.454 e. The number of H-pyrrole nitrogens is 1. The van der Waals surface area contributed by atoms with Gasteiger partial charge in [0, 0.05) is 17.7 Å². The maximum atomic E-state index is 12.4. The highest BCUT2D eigenvalue weighted by Crippen LogP contribution is 2.37. The molecule has 0 bridgehead atoms. The lowest BCUT2D eigenvalue weighted by molar-refractivity contribution is 0.0992. The number of rotatable bonds is 2. The summed E-state index contributed by atoms with van der Waals surface area (Å²) in [5, 5.41) is 6.50. The molecular formula is C12H10BrN3O3. The van der Waals surface area contributed by atoms with E-state index in [0.717, 1.165) is 0 Å².